The van der Waals surface area contributed by atoms with E-state index in [1.165, 1.54) is 0 Å². The molecule has 0 fully saturated rings. The molecule has 1 aromatic heterocycles. The largest absolute Gasteiger partial charge is 0.416 e. The molecule has 2 nitrogen and oxygen atoms in total. The number of hydrogen-bond acceptors (Lipinski definition) is 2. The SMILES string of the molecule is O=c1oc(I)cc2ccccc12. The molecular formula is C9H5IO2. The first kappa shape index (κ1) is 7.79. The zero-order valence-electron chi connectivity index (χ0n) is 6.08. The van der Waals surface area contributed by atoms with Gasteiger partial charge in [-0.05, 0) is 40.1 Å². The molecule has 60 valence electrons. The predicted octanol–water partition coefficient (Wildman–Crippen LogP) is 2.40. The Morgan fingerprint density at radius 2 is 2.00 bits per heavy atom. The van der Waals surface area contributed by atoms with Gasteiger partial charge in [0, 0.05) is 0 Å². The van der Waals surface area contributed by atoms with Gasteiger partial charge in [0.05, 0.1) is 5.39 Å². The summed E-state index contributed by atoms with van der Waals surface area (Å²) in [5, 5.41) is 1.57. The molecule has 0 aliphatic heterocycles. The van der Waals surface area contributed by atoms with Crippen LogP contribution in [-0.2, 0) is 0 Å². The first-order valence-electron chi connectivity index (χ1n) is 3.46. The summed E-state index contributed by atoms with van der Waals surface area (Å²) in [7, 11) is 0. The Morgan fingerprint density at radius 1 is 1.25 bits per heavy atom. The summed E-state index contributed by atoms with van der Waals surface area (Å²) in [5.74, 6) is 0. The van der Waals surface area contributed by atoms with Crippen molar-refractivity contribution < 1.29 is 4.42 Å². The van der Waals surface area contributed by atoms with Crippen molar-refractivity contribution in [2.75, 3.05) is 0 Å². The average molecular weight is 272 g/mol. The van der Waals surface area contributed by atoms with E-state index in [0.29, 0.717) is 9.15 Å². The van der Waals surface area contributed by atoms with Gasteiger partial charge in [-0.15, -0.1) is 0 Å². The van der Waals surface area contributed by atoms with Crippen molar-refractivity contribution in [1.29, 1.82) is 0 Å². The molecule has 0 N–H and O–H groups in total. The van der Waals surface area contributed by atoms with E-state index >= 15 is 0 Å². The van der Waals surface area contributed by atoms with Crippen LogP contribution in [-0.4, -0.2) is 0 Å². The summed E-state index contributed by atoms with van der Waals surface area (Å²) in [6, 6.07) is 9.23. The fourth-order valence-electron chi connectivity index (χ4n) is 1.10. The predicted molar refractivity (Wildman–Crippen MR) is 55.2 cm³/mol. The fourth-order valence-corrected chi connectivity index (χ4v) is 1.64. The van der Waals surface area contributed by atoms with Gasteiger partial charge in [-0.2, -0.15) is 0 Å². The van der Waals surface area contributed by atoms with Crippen LogP contribution in [0.5, 0.6) is 0 Å². The number of fused-ring (bicyclic) bond motifs is 1. The van der Waals surface area contributed by atoms with Crippen molar-refractivity contribution in [3.8, 4) is 0 Å². The maximum atomic E-state index is 11.2. The third-order valence-corrected chi connectivity index (χ3v) is 2.17. The van der Waals surface area contributed by atoms with Crippen LogP contribution in [0.15, 0.2) is 39.5 Å². The Labute approximate surface area is 82.3 Å². The first-order valence-corrected chi connectivity index (χ1v) is 4.53. The van der Waals surface area contributed by atoms with Gasteiger partial charge in [0.1, 0.15) is 0 Å². The second-order valence-corrected chi connectivity index (χ2v) is 3.49. The number of benzene rings is 1. The molecule has 0 aliphatic carbocycles. The van der Waals surface area contributed by atoms with Crippen LogP contribution in [0.2, 0.25) is 0 Å². The van der Waals surface area contributed by atoms with E-state index in [1.807, 2.05) is 46.9 Å². The Balaban J connectivity index is 2.99. The molecule has 0 spiro atoms. The molecule has 0 unspecified atom stereocenters. The highest BCUT2D eigenvalue weighted by atomic mass is 127. The van der Waals surface area contributed by atoms with E-state index in [1.54, 1.807) is 6.07 Å². The molecule has 12 heavy (non-hydrogen) atoms. The van der Waals surface area contributed by atoms with E-state index in [2.05, 4.69) is 0 Å². The maximum Gasteiger partial charge on any atom is 0.344 e. The minimum absolute atomic E-state index is 0.266. The molecule has 1 heterocycles. The topological polar surface area (TPSA) is 30.2 Å². The molecule has 0 saturated carbocycles. The molecule has 0 saturated heterocycles. The molecule has 1 aromatic carbocycles. The number of halogens is 1. The van der Waals surface area contributed by atoms with Gasteiger partial charge in [0.15, 0.2) is 3.77 Å². The summed E-state index contributed by atoms with van der Waals surface area (Å²) < 4.78 is 5.54. The van der Waals surface area contributed by atoms with Crippen molar-refractivity contribution in [3.05, 3.63) is 44.5 Å². The summed E-state index contributed by atoms with van der Waals surface area (Å²) in [6.07, 6.45) is 0. The van der Waals surface area contributed by atoms with Crippen molar-refractivity contribution in [3.63, 3.8) is 0 Å². The Hall–Kier alpha value is -0.840. The second-order valence-electron chi connectivity index (χ2n) is 2.43. The van der Waals surface area contributed by atoms with Crippen LogP contribution in [0.1, 0.15) is 0 Å². The molecule has 0 bridgehead atoms. The highest BCUT2D eigenvalue weighted by molar-refractivity contribution is 14.1. The third kappa shape index (κ3) is 1.24. The van der Waals surface area contributed by atoms with Gasteiger partial charge in [-0.25, -0.2) is 4.79 Å². The van der Waals surface area contributed by atoms with E-state index in [0.717, 1.165) is 5.39 Å². The van der Waals surface area contributed by atoms with Crippen LogP contribution < -0.4 is 5.63 Å². The van der Waals surface area contributed by atoms with Gasteiger partial charge in [-0.3, -0.25) is 0 Å². The Bertz CT molecular complexity index is 473. The summed E-state index contributed by atoms with van der Waals surface area (Å²) in [4.78, 5) is 11.2. The van der Waals surface area contributed by atoms with Crippen molar-refractivity contribution in [1.82, 2.24) is 0 Å². The van der Waals surface area contributed by atoms with Gasteiger partial charge in [0.25, 0.3) is 0 Å². The highest BCUT2D eigenvalue weighted by Crippen LogP contribution is 2.12. The van der Waals surface area contributed by atoms with Crippen LogP contribution in [0.3, 0.4) is 0 Å². The summed E-state index contributed by atoms with van der Waals surface area (Å²) in [5.41, 5.74) is -0.266. The Kier molecular flexibility index (Phi) is 1.88. The lowest BCUT2D eigenvalue weighted by molar-refractivity contribution is 0.491. The lowest BCUT2D eigenvalue weighted by Gasteiger charge is -1.94. The quantitative estimate of drug-likeness (QED) is 0.689. The van der Waals surface area contributed by atoms with Gasteiger partial charge in [0.2, 0.25) is 0 Å². The average Bonchev–Trinajstić information content (AvgIpc) is 2.04. The molecule has 0 atom stereocenters. The zero-order valence-corrected chi connectivity index (χ0v) is 8.24. The zero-order chi connectivity index (χ0) is 8.55. The third-order valence-electron chi connectivity index (χ3n) is 1.64. The standard InChI is InChI=1S/C9H5IO2/c10-8-5-6-3-1-2-4-7(6)9(11)12-8/h1-5H. The van der Waals surface area contributed by atoms with E-state index in [4.69, 9.17) is 4.42 Å². The van der Waals surface area contributed by atoms with Gasteiger partial charge < -0.3 is 4.42 Å². The van der Waals surface area contributed by atoms with Crippen molar-refractivity contribution >= 4 is 33.4 Å². The van der Waals surface area contributed by atoms with Crippen LogP contribution in [0, 0.1) is 3.77 Å². The van der Waals surface area contributed by atoms with Gasteiger partial charge in [-0.1, -0.05) is 18.2 Å². The molecule has 0 amide bonds. The molecule has 3 heteroatoms. The number of hydrogen-bond donors (Lipinski definition) is 0. The normalized spacial score (nSPS) is 10.4. The fraction of sp³-hybridized carbons (Fsp3) is 0. The summed E-state index contributed by atoms with van der Waals surface area (Å²) >= 11 is 1.99. The van der Waals surface area contributed by atoms with Crippen LogP contribution in [0.25, 0.3) is 10.8 Å². The minimum atomic E-state index is -0.266. The Morgan fingerprint density at radius 3 is 2.83 bits per heavy atom. The van der Waals surface area contributed by atoms with E-state index < -0.39 is 0 Å². The van der Waals surface area contributed by atoms with E-state index in [-0.39, 0.29) is 5.63 Å². The molecule has 0 aliphatic rings. The summed E-state index contributed by atoms with van der Waals surface area (Å²) in [6.45, 7) is 0. The monoisotopic (exact) mass is 272 g/mol. The molecule has 0 radical (unpaired) electrons. The number of rotatable bonds is 0. The van der Waals surface area contributed by atoms with Crippen molar-refractivity contribution in [2.24, 2.45) is 0 Å². The van der Waals surface area contributed by atoms with Gasteiger partial charge >= 0.3 is 5.63 Å². The van der Waals surface area contributed by atoms with Crippen LogP contribution in [0.4, 0.5) is 0 Å². The minimum Gasteiger partial charge on any atom is -0.416 e. The van der Waals surface area contributed by atoms with E-state index in [9.17, 15) is 4.79 Å². The molecule has 2 rings (SSSR count). The first-order chi connectivity index (χ1) is 5.77. The maximum absolute atomic E-state index is 11.2. The smallest absolute Gasteiger partial charge is 0.344 e. The van der Waals surface area contributed by atoms with Crippen LogP contribution >= 0.6 is 22.6 Å². The lowest BCUT2D eigenvalue weighted by Crippen LogP contribution is -1.99. The molecule has 2 aromatic rings. The molecular weight excluding hydrogens is 267 g/mol. The van der Waals surface area contributed by atoms with Crippen molar-refractivity contribution in [2.45, 2.75) is 0 Å². The highest BCUT2D eigenvalue weighted by Gasteiger charge is 1.99. The second kappa shape index (κ2) is 2.90. The lowest BCUT2D eigenvalue weighted by atomic mass is 10.2.